The van der Waals surface area contributed by atoms with Crippen molar-refractivity contribution >= 4 is 83.1 Å². The number of carbonyl (C=O) groups excluding carboxylic acids is 3. The molecule has 7 rings (SSSR count). The number of ether oxygens (including phenoxy) is 1. The average Bonchev–Trinajstić information content (AvgIpc) is 3.82. The number of hydrogen-bond donors (Lipinski definition) is 1. The Hall–Kier alpha value is 1.59. The van der Waals surface area contributed by atoms with Gasteiger partial charge in [-0.25, -0.2) is 0 Å². The van der Waals surface area contributed by atoms with Crippen LogP contribution in [0.5, 0.6) is 0 Å². The Morgan fingerprint density at radius 1 is 1.02 bits per heavy atom. The summed E-state index contributed by atoms with van der Waals surface area (Å²) >= 11 is 7.11. The summed E-state index contributed by atoms with van der Waals surface area (Å²) in [6.45, 7) is 8.89. The molecule has 0 amide bonds. The van der Waals surface area contributed by atoms with Gasteiger partial charge in [-0.3, -0.25) is 0 Å². The zero-order valence-electron chi connectivity index (χ0n) is 23.6. The van der Waals surface area contributed by atoms with Crippen molar-refractivity contribution in [2.45, 2.75) is 108 Å². The van der Waals surface area contributed by atoms with Gasteiger partial charge in [-0.15, -0.1) is 0 Å². The van der Waals surface area contributed by atoms with Crippen molar-refractivity contribution in [2.24, 2.45) is 39.9 Å². The van der Waals surface area contributed by atoms with Crippen LogP contribution in [-0.2, 0) is 19.1 Å². The van der Waals surface area contributed by atoms with Gasteiger partial charge >= 0.3 is 292 Å². The molecule has 5 saturated carbocycles. The molecule has 0 spiro atoms. The number of fused-ring (bicyclic) bond motifs is 9. The monoisotopic (exact) mass is 999 g/mol. The van der Waals surface area contributed by atoms with Gasteiger partial charge in [0.25, 0.3) is 0 Å². The van der Waals surface area contributed by atoms with Crippen LogP contribution in [0.15, 0.2) is 11.6 Å². The summed E-state index contributed by atoms with van der Waals surface area (Å²) in [5.41, 5.74) is 0.395. The van der Waals surface area contributed by atoms with E-state index in [4.69, 9.17) is 4.74 Å². The number of allylic oxidation sites excluding steroid dienone is 1. The molecule has 40 heavy (non-hydrogen) atoms. The summed E-state index contributed by atoms with van der Waals surface area (Å²) in [6.07, 6.45) is 11.0. The van der Waals surface area contributed by atoms with Gasteiger partial charge < -0.3 is 0 Å². The van der Waals surface area contributed by atoms with Crippen molar-refractivity contribution in [1.29, 1.82) is 0 Å². The van der Waals surface area contributed by atoms with Crippen LogP contribution in [0, 0.1) is 39.9 Å². The second-order valence-electron chi connectivity index (χ2n) is 14.7. The molecule has 11 unspecified atom stereocenters. The molecular formula is C31H39I4O5-. The van der Waals surface area contributed by atoms with Crippen LogP contribution >= 0.6 is 67.8 Å². The molecule has 0 bridgehead atoms. The molecular weight excluding hydrogens is 960 g/mol. The number of epoxide rings is 1. The number of alkyl halides is 4. The van der Waals surface area contributed by atoms with Crippen molar-refractivity contribution in [3.8, 4) is 0 Å². The maximum atomic E-state index is 14.9. The van der Waals surface area contributed by atoms with Crippen molar-refractivity contribution < 1.29 is 45.4 Å². The number of carbonyl (C=O) groups is 3. The summed E-state index contributed by atoms with van der Waals surface area (Å²) in [7, 11) is 0. The quantitative estimate of drug-likeness (QED) is 0.203. The van der Waals surface area contributed by atoms with Gasteiger partial charge in [0.15, 0.2) is 0 Å². The maximum absolute atomic E-state index is 14.9. The first-order chi connectivity index (χ1) is 18.5. The Labute approximate surface area is 289 Å². The predicted molar refractivity (Wildman–Crippen MR) is 174 cm³/mol. The van der Waals surface area contributed by atoms with Crippen molar-refractivity contribution in [2.75, 3.05) is 4.43 Å². The van der Waals surface area contributed by atoms with Crippen LogP contribution in [0.3, 0.4) is 0 Å². The van der Waals surface area contributed by atoms with E-state index in [2.05, 4.69) is 88.5 Å². The van der Waals surface area contributed by atoms with Crippen molar-refractivity contribution in [3.05, 3.63) is 11.6 Å². The zero-order valence-corrected chi connectivity index (χ0v) is 32.3. The minimum atomic E-state index is -1.73. The van der Waals surface area contributed by atoms with Crippen LogP contribution in [0.25, 0.3) is 0 Å². The third kappa shape index (κ3) is 3.46. The average molecular weight is 999 g/mol. The molecule has 222 valence electrons. The van der Waals surface area contributed by atoms with Gasteiger partial charge in [0.05, 0.1) is 0 Å². The van der Waals surface area contributed by atoms with Crippen molar-refractivity contribution in [1.82, 2.24) is 0 Å². The number of rotatable bonds is 4. The predicted octanol–water partition coefficient (Wildman–Crippen LogP) is 3.37. The Kier molecular flexibility index (Phi) is 6.89. The van der Waals surface area contributed by atoms with Crippen LogP contribution in [-0.4, -0.2) is 47.0 Å². The summed E-state index contributed by atoms with van der Waals surface area (Å²) in [5.74, 6) is -0.790. The van der Waals surface area contributed by atoms with E-state index >= 15 is 0 Å². The van der Waals surface area contributed by atoms with Crippen LogP contribution in [0.2, 0.25) is 0 Å². The second kappa shape index (κ2) is 9.11. The molecule has 6 fully saturated rings. The van der Waals surface area contributed by atoms with E-state index in [0.717, 1.165) is 61.4 Å². The molecule has 5 nitrogen and oxygen atoms in total. The molecule has 1 aliphatic heterocycles. The minimum absolute atomic E-state index is 0.0118. The van der Waals surface area contributed by atoms with E-state index in [1.165, 1.54) is 6.42 Å². The van der Waals surface area contributed by atoms with E-state index in [0.29, 0.717) is 15.6 Å². The number of Topliss-reactive ketones (excluding diaryl/α,β-unsaturated/α-hetero) is 1. The fraction of sp³-hybridized carbons (Fsp3) is 0.839. The first-order valence-electron chi connectivity index (χ1n) is 15.0. The first-order valence-corrected chi connectivity index (χ1v) is 20.8. The molecule has 0 aromatic rings. The van der Waals surface area contributed by atoms with Gasteiger partial charge in [-0.05, 0) is 0 Å². The molecule has 0 aromatic heterocycles. The topological polar surface area (TPSA) is 84.0 Å². The normalized spacial score (nSPS) is 56.8. The summed E-state index contributed by atoms with van der Waals surface area (Å²) in [6, 6.07) is 0. The van der Waals surface area contributed by atoms with E-state index in [1.807, 2.05) is 13.0 Å². The molecule has 1 saturated heterocycles. The van der Waals surface area contributed by atoms with Crippen molar-refractivity contribution in [3.63, 3.8) is 0 Å². The summed E-state index contributed by atoms with van der Waals surface area (Å²) in [5, 5.41) is 11.3. The Balaban J connectivity index is 1.34. The third-order valence-electron chi connectivity index (χ3n) is 12.9. The third-order valence-corrected chi connectivity index (χ3v) is 23.8. The first kappa shape index (κ1) is 30.3. The van der Waals surface area contributed by atoms with Gasteiger partial charge in [0.2, 0.25) is 0 Å². The van der Waals surface area contributed by atoms with E-state index in [9.17, 15) is 19.5 Å². The number of ketones is 2. The number of aliphatic hydroxyl groups is 1. The van der Waals surface area contributed by atoms with Gasteiger partial charge in [-0.1, -0.05) is 0 Å². The van der Waals surface area contributed by atoms with Crippen LogP contribution in [0.4, 0.5) is 0 Å². The van der Waals surface area contributed by atoms with E-state index in [-0.39, 0.29) is 37.7 Å². The molecule has 9 heteroatoms. The van der Waals surface area contributed by atoms with Gasteiger partial charge in [-0.2, -0.15) is 0 Å². The summed E-state index contributed by atoms with van der Waals surface area (Å²) < 4.78 is 5.98. The Morgan fingerprint density at radius 2 is 1.70 bits per heavy atom. The van der Waals surface area contributed by atoms with E-state index in [1.54, 1.807) is 0 Å². The fourth-order valence-corrected chi connectivity index (χ4v) is 20.4. The molecule has 6 aliphatic carbocycles. The SMILES string of the molecule is CC1CCCC2(C[I-]C(=O)C3CC3)CCC3C4(C)CCC5C(C)(I)C(=O)C6(O)OC6C5(C)C4=CC(=O)C3(I)C12I. The van der Waals surface area contributed by atoms with E-state index < -0.39 is 45.4 Å². The number of halogens is 4. The van der Waals surface area contributed by atoms with Crippen LogP contribution < -0.4 is 21.2 Å². The molecule has 1 N–H and O–H groups in total. The Bertz CT molecular complexity index is 1260. The molecule has 0 aromatic carbocycles. The zero-order chi connectivity index (χ0) is 28.9. The van der Waals surface area contributed by atoms with Gasteiger partial charge in [0, 0.05) is 0 Å². The molecule has 7 aliphatic rings. The molecule has 0 radical (unpaired) electrons. The summed E-state index contributed by atoms with van der Waals surface area (Å²) in [4.78, 5) is 41.2. The standard InChI is InChI=1S/C31H39I4O5/c1-16-6-5-11-28(15-35-22(37)17-7-8-17)13-10-18-25(2)12-9-19-26(3,24-30(39,40-24)23(38)27(19,4)32)20(25)14-21(36)29(18,33)31(16,28)34/h14,16-19,24,39H,5-13,15H2,1-4H3/q-1. The Morgan fingerprint density at radius 3 is 2.38 bits per heavy atom. The molecule has 1 heterocycles. The number of hydrogen-bond acceptors (Lipinski definition) is 5. The fourth-order valence-electron chi connectivity index (χ4n) is 10.6. The second-order valence-corrected chi connectivity index (χ2v) is 23.0. The molecule has 11 atom stereocenters. The van der Waals surface area contributed by atoms with Gasteiger partial charge in [0.1, 0.15) is 0 Å². The van der Waals surface area contributed by atoms with Crippen LogP contribution in [0.1, 0.15) is 85.5 Å².